The molecule has 0 amide bonds. The molecule has 0 saturated carbocycles. The van der Waals surface area contributed by atoms with Crippen molar-refractivity contribution in [2.45, 2.75) is 39.7 Å². The zero-order valence-electron chi connectivity index (χ0n) is 9.59. The van der Waals surface area contributed by atoms with Gasteiger partial charge in [-0.05, 0) is 19.8 Å². The largest absolute Gasteiger partial charge is 0.466 e. The van der Waals surface area contributed by atoms with Crippen LogP contribution < -0.4 is 5.32 Å². The molecule has 0 aromatic carbocycles. The Kier molecular flexibility index (Phi) is 7.11. The van der Waals surface area contributed by atoms with Crippen molar-refractivity contribution in [1.29, 1.82) is 0 Å². The molecule has 0 aliphatic rings. The van der Waals surface area contributed by atoms with E-state index in [1.807, 2.05) is 6.08 Å². The molecule has 0 bridgehead atoms. The van der Waals surface area contributed by atoms with Crippen LogP contribution in [0, 0.1) is 0 Å². The second-order valence-electron chi connectivity index (χ2n) is 3.30. The molecule has 0 fully saturated rings. The van der Waals surface area contributed by atoms with Gasteiger partial charge >= 0.3 is 5.97 Å². The highest BCUT2D eigenvalue weighted by Crippen LogP contribution is 1.97. The molecule has 82 valence electrons. The molecule has 3 nitrogen and oxygen atoms in total. The van der Waals surface area contributed by atoms with Crippen molar-refractivity contribution >= 4 is 5.97 Å². The van der Waals surface area contributed by atoms with Crippen molar-refractivity contribution in [2.75, 3.05) is 13.7 Å². The predicted molar refractivity (Wildman–Crippen MR) is 58.1 cm³/mol. The van der Waals surface area contributed by atoms with Crippen molar-refractivity contribution in [3.05, 3.63) is 11.6 Å². The zero-order chi connectivity index (χ0) is 11.0. The summed E-state index contributed by atoms with van der Waals surface area (Å²) in [4.78, 5) is 11.0. The Balaban J connectivity index is 3.85. The number of esters is 1. The van der Waals surface area contributed by atoms with E-state index in [0.717, 1.165) is 19.4 Å². The lowest BCUT2D eigenvalue weighted by Gasteiger charge is -2.12. The molecule has 3 heteroatoms. The summed E-state index contributed by atoms with van der Waals surface area (Å²) >= 11 is 0. The third-order valence-corrected chi connectivity index (χ3v) is 2.31. The summed E-state index contributed by atoms with van der Waals surface area (Å²) in [5.41, 5.74) is 0.658. The van der Waals surface area contributed by atoms with Gasteiger partial charge < -0.3 is 10.1 Å². The van der Waals surface area contributed by atoms with E-state index in [0.29, 0.717) is 11.6 Å². The topological polar surface area (TPSA) is 38.3 Å². The number of nitrogens with one attached hydrogen (secondary N) is 1. The van der Waals surface area contributed by atoms with Gasteiger partial charge in [-0.1, -0.05) is 19.9 Å². The fourth-order valence-electron chi connectivity index (χ4n) is 1.20. The standard InChI is InChI=1S/C11H21NO2/c1-5-10(6-2)12-8-7-9(3)11(13)14-4/h7,10,12H,5-6,8H2,1-4H3/b9-7-. The van der Waals surface area contributed by atoms with Crippen LogP contribution in [0.25, 0.3) is 0 Å². The van der Waals surface area contributed by atoms with Crippen LogP contribution in [0.15, 0.2) is 11.6 Å². The first-order valence-electron chi connectivity index (χ1n) is 5.14. The Morgan fingerprint density at radius 1 is 1.43 bits per heavy atom. The number of hydrogen-bond acceptors (Lipinski definition) is 3. The van der Waals surface area contributed by atoms with E-state index in [2.05, 4.69) is 23.9 Å². The van der Waals surface area contributed by atoms with E-state index >= 15 is 0 Å². The lowest BCUT2D eigenvalue weighted by molar-refractivity contribution is -0.136. The van der Waals surface area contributed by atoms with Crippen LogP contribution in [-0.4, -0.2) is 25.7 Å². The Morgan fingerprint density at radius 2 is 2.00 bits per heavy atom. The number of hydrogen-bond donors (Lipinski definition) is 1. The summed E-state index contributed by atoms with van der Waals surface area (Å²) in [7, 11) is 1.40. The summed E-state index contributed by atoms with van der Waals surface area (Å²) in [6.45, 7) is 6.80. The smallest absolute Gasteiger partial charge is 0.333 e. The SMILES string of the molecule is CCC(CC)NC/C=C(/C)C(=O)OC. The third-order valence-electron chi connectivity index (χ3n) is 2.31. The molecule has 0 saturated heterocycles. The van der Waals surface area contributed by atoms with Crippen molar-refractivity contribution in [2.24, 2.45) is 0 Å². The second-order valence-corrected chi connectivity index (χ2v) is 3.30. The normalized spacial score (nSPS) is 11.9. The zero-order valence-corrected chi connectivity index (χ0v) is 9.59. The van der Waals surface area contributed by atoms with Gasteiger partial charge in [0.15, 0.2) is 0 Å². The highest BCUT2D eigenvalue weighted by Gasteiger charge is 2.03. The molecule has 0 rings (SSSR count). The first kappa shape index (κ1) is 13.2. The van der Waals surface area contributed by atoms with Gasteiger partial charge in [-0.15, -0.1) is 0 Å². The highest BCUT2D eigenvalue weighted by atomic mass is 16.5. The molecule has 0 atom stereocenters. The van der Waals surface area contributed by atoms with E-state index in [-0.39, 0.29) is 5.97 Å². The maximum atomic E-state index is 11.0. The maximum absolute atomic E-state index is 11.0. The Bertz CT molecular complexity index is 195. The van der Waals surface area contributed by atoms with Crippen LogP contribution in [0.4, 0.5) is 0 Å². The Hall–Kier alpha value is -0.830. The minimum atomic E-state index is -0.253. The van der Waals surface area contributed by atoms with Crippen LogP contribution in [-0.2, 0) is 9.53 Å². The van der Waals surface area contributed by atoms with Gasteiger partial charge in [0.25, 0.3) is 0 Å². The highest BCUT2D eigenvalue weighted by molar-refractivity contribution is 5.87. The fraction of sp³-hybridized carbons (Fsp3) is 0.727. The monoisotopic (exact) mass is 199 g/mol. The van der Waals surface area contributed by atoms with Crippen LogP contribution in [0.1, 0.15) is 33.6 Å². The summed E-state index contributed by atoms with van der Waals surface area (Å²) in [6, 6.07) is 0.539. The summed E-state index contributed by atoms with van der Waals surface area (Å²) in [5.74, 6) is -0.253. The molecule has 0 aromatic rings. The molecule has 14 heavy (non-hydrogen) atoms. The number of rotatable bonds is 6. The molecule has 0 radical (unpaired) electrons. The van der Waals surface area contributed by atoms with Crippen molar-refractivity contribution in [1.82, 2.24) is 5.32 Å². The second kappa shape index (κ2) is 7.56. The minimum absolute atomic E-state index is 0.253. The number of carbonyl (C=O) groups is 1. The van der Waals surface area contributed by atoms with Gasteiger partial charge in [0.05, 0.1) is 7.11 Å². The lowest BCUT2D eigenvalue weighted by Crippen LogP contribution is -2.27. The number of methoxy groups -OCH3 is 1. The number of carbonyl (C=O) groups excluding carboxylic acids is 1. The molecule has 1 N–H and O–H groups in total. The van der Waals surface area contributed by atoms with E-state index in [4.69, 9.17) is 0 Å². The van der Waals surface area contributed by atoms with Gasteiger partial charge in [0.2, 0.25) is 0 Å². The van der Waals surface area contributed by atoms with Crippen molar-refractivity contribution in [3.63, 3.8) is 0 Å². The van der Waals surface area contributed by atoms with E-state index in [9.17, 15) is 4.79 Å². The van der Waals surface area contributed by atoms with Crippen molar-refractivity contribution in [3.8, 4) is 0 Å². The molecule has 0 aromatic heterocycles. The quantitative estimate of drug-likeness (QED) is 0.524. The average Bonchev–Trinajstić information content (AvgIpc) is 2.22. The van der Waals surface area contributed by atoms with E-state index in [1.54, 1.807) is 6.92 Å². The molecule has 0 unspecified atom stereocenters. The molecule has 0 heterocycles. The van der Waals surface area contributed by atoms with Gasteiger partial charge in [-0.25, -0.2) is 4.79 Å². The summed E-state index contributed by atoms with van der Waals surface area (Å²) in [5, 5.41) is 3.34. The lowest BCUT2D eigenvalue weighted by atomic mass is 10.2. The average molecular weight is 199 g/mol. The summed E-state index contributed by atoms with van der Waals surface area (Å²) in [6.07, 6.45) is 4.09. The minimum Gasteiger partial charge on any atom is -0.466 e. The first-order chi connectivity index (χ1) is 6.65. The van der Waals surface area contributed by atoms with Crippen LogP contribution in [0.5, 0.6) is 0 Å². The molecule has 0 aliphatic heterocycles. The van der Waals surface area contributed by atoms with Gasteiger partial charge in [0.1, 0.15) is 0 Å². The molecule has 0 aliphatic carbocycles. The Labute approximate surface area is 86.5 Å². The third kappa shape index (κ3) is 5.02. The fourth-order valence-corrected chi connectivity index (χ4v) is 1.20. The van der Waals surface area contributed by atoms with Crippen LogP contribution in [0.2, 0.25) is 0 Å². The van der Waals surface area contributed by atoms with Gasteiger partial charge in [-0.2, -0.15) is 0 Å². The molecule has 0 spiro atoms. The maximum Gasteiger partial charge on any atom is 0.333 e. The molecular weight excluding hydrogens is 178 g/mol. The predicted octanol–water partition coefficient (Wildman–Crippen LogP) is 1.88. The van der Waals surface area contributed by atoms with Crippen molar-refractivity contribution < 1.29 is 9.53 Å². The van der Waals surface area contributed by atoms with E-state index in [1.165, 1.54) is 7.11 Å². The van der Waals surface area contributed by atoms with Gasteiger partial charge in [0, 0.05) is 18.2 Å². The summed E-state index contributed by atoms with van der Waals surface area (Å²) < 4.78 is 4.59. The number of ether oxygens (including phenoxy) is 1. The van der Waals surface area contributed by atoms with Crippen LogP contribution in [0.3, 0.4) is 0 Å². The Morgan fingerprint density at radius 3 is 2.43 bits per heavy atom. The first-order valence-corrected chi connectivity index (χ1v) is 5.14. The molecular formula is C11H21NO2. The van der Waals surface area contributed by atoms with Gasteiger partial charge in [-0.3, -0.25) is 0 Å². The van der Waals surface area contributed by atoms with Crippen LogP contribution >= 0.6 is 0 Å². The van der Waals surface area contributed by atoms with E-state index < -0.39 is 0 Å².